The maximum Gasteiger partial charge on any atom is 0.191 e. The van der Waals surface area contributed by atoms with Gasteiger partial charge < -0.3 is 25.2 Å². The number of ether oxygens (including phenoxy) is 1. The molecular formula is C25H39IN6O. The molecule has 8 heteroatoms. The number of likely N-dealkylation sites (N-methyl/N-ethyl adjacent to an activating group) is 1. The van der Waals surface area contributed by atoms with Gasteiger partial charge in [-0.1, -0.05) is 43.3 Å². The van der Waals surface area contributed by atoms with Crippen LogP contribution in [0.2, 0.25) is 0 Å². The summed E-state index contributed by atoms with van der Waals surface area (Å²) in [5.74, 6) is 2.26. The van der Waals surface area contributed by atoms with E-state index in [9.17, 15) is 0 Å². The Morgan fingerprint density at radius 2 is 1.85 bits per heavy atom. The number of hydrogen-bond donors (Lipinski definition) is 2. The van der Waals surface area contributed by atoms with Gasteiger partial charge >= 0.3 is 0 Å². The van der Waals surface area contributed by atoms with Crippen LogP contribution in [0.4, 0.5) is 5.82 Å². The van der Waals surface area contributed by atoms with E-state index in [0.717, 1.165) is 56.6 Å². The van der Waals surface area contributed by atoms with E-state index in [-0.39, 0.29) is 24.0 Å². The van der Waals surface area contributed by atoms with E-state index in [1.807, 2.05) is 30.5 Å². The Kier molecular flexibility index (Phi) is 12.5. The molecule has 1 aromatic heterocycles. The van der Waals surface area contributed by atoms with Crippen molar-refractivity contribution in [3.8, 4) is 0 Å². The molecule has 2 heterocycles. The van der Waals surface area contributed by atoms with Crippen molar-refractivity contribution in [2.45, 2.75) is 27.0 Å². The molecule has 0 aliphatic carbocycles. The third-order valence-electron chi connectivity index (χ3n) is 5.55. The molecule has 2 N–H and O–H groups in total. The van der Waals surface area contributed by atoms with Crippen LogP contribution in [0, 0.1) is 5.92 Å². The van der Waals surface area contributed by atoms with Gasteiger partial charge in [0.15, 0.2) is 5.96 Å². The first-order valence-electron chi connectivity index (χ1n) is 11.7. The zero-order valence-corrected chi connectivity index (χ0v) is 22.5. The van der Waals surface area contributed by atoms with E-state index in [1.165, 1.54) is 5.56 Å². The molecular weight excluding hydrogens is 527 g/mol. The van der Waals surface area contributed by atoms with Gasteiger partial charge in [0, 0.05) is 51.0 Å². The normalized spacial score (nSPS) is 15.6. The lowest BCUT2D eigenvalue weighted by atomic mass is 10.2. The first-order chi connectivity index (χ1) is 15.7. The fraction of sp³-hybridized carbons (Fsp3) is 0.520. The van der Waals surface area contributed by atoms with E-state index >= 15 is 0 Å². The number of aromatic nitrogens is 1. The summed E-state index contributed by atoms with van der Waals surface area (Å²) in [6, 6.07) is 14.4. The van der Waals surface area contributed by atoms with Gasteiger partial charge in [0.1, 0.15) is 5.82 Å². The summed E-state index contributed by atoms with van der Waals surface area (Å²) in [6.07, 6.45) is 1.88. The molecule has 0 spiro atoms. The number of aliphatic imine (C=N–C) groups is 1. The fourth-order valence-corrected chi connectivity index (χ4v) is 3.64. The Bertz CT molecular complexity index is 827. The predicted octanol–water partition coefficient (Wildman–Crippen LogP) is 3.36. The summed E-state index contributed by atoms with van der Waals surface area (Å²) >= 11 is 0. The van der Waals surface area contributed by atoms with Gasteiger partial charge in [0.25, 0.3) is 0 Å². The summed E-state index contributed by atoms with van der Waals surface area (Å²) in [5.41, 5.74) is 2.36. The number of pyridine rings is 1. The highest BCUT2D eigenvalue weighted by Gasteiger charge is 2.17. The maximum atomic E-state index is 5.88. The molecule has 0 amide bonds. The first-order valence-corrected chi connectivity index (χ1v) is 11.7. The molecule has 182 valence electrons. The second-order valence-corrected chi connectivity index (χ2v) is 8.46. The molecule has 1 fully saturated rings. The average molecular weight is 567 g/mol. The summed E-state index contributed by atoms with van der Waals surface area (Å²) in [4.78, 5) is 14.2. The summed E-state index contributed by atoms with van der Waals surface area (Å²) < 4.78 is 5.88. The monoisotopic (exact) mass is 566 g/mol. The van der Waals surface area contributed by atoms with Crippen LogP contribution in [0.3, 0.4) is 0 Å². The van der Waals surface area contributed by atoms with E-state index in [4.69, 9.17) is 9.73 Å². The van der Waals surface area contributed by atoms with Crippen molar-refractivity contribution >= 4 is 35.8 Å². The van der Waals surface area contributed by atoms with Crippen molar-refractivity contribution in [1.29, 1.82) is 0 Å². The summed E-state index contributed by atoms with van der Waals surface area (Å²) in [5, 5.41) is 6.81. The van der Waals surface area contributed by atoms with Crippen LogP contribution >= 0.6 is 24.0 Å². The van der Waals surface area contributed by atoms with Gasteiger partial charge in [-0.25, -0.2) is 9.98 Å². The Labute approximate surface area is 216 Å². The zero-order chi connectivity index (χ0) is 22.6. The number of halogens is 1. The van der Waals surface area contributed by atoms with Crippen LogP contribution < -0.4 is 15.5 Å². The van der Waals surface area contributed by atoms with Gasteiger partial charge in [-0.3, -0.25) is 0 Å². The average Bonchev–Trinajstić information content (AvgIpc) is 2.82. The van der Waals surface area contributed by atoms with Crippen molar-refractivity contribution in [3.05, 3.63) is 59.8 Å². The quantitative estimate of drug-likeness (QED) is 0.261. The Balaban J connectivity index is 0.00000385. The smallest absolute Gasteiger partial charge is 0.191 e. The van der Waals surface area contributed by atoms with Crippen LogP contribution in [-0.2, 0) is 17.9 Å². The third kappa shape index (κ3) is 9.46. The molecule has 1 atom stereocenters. The molecule has 2 aromatic rings. The minimum atomic E-state index is 0. The molecule has 1 aromatic carbocycles. The molecule has 7 nitrogen and oxygen atoms in total. The summed E-state index contributed by atoms with van der Waals surface area (Å²) in [7, 11) is 2.17. The van der Waals surface area contributed by atoms with E-state index < -0.39 is 0 Å². The lowest BCUT2D eigenvalue weighted by Crippen LogP contribution is -2.45. The Hall–Kier alpha value is -1.91. The van der Waals surface area contributed by atoms with Crippen LogP contribution in [0.25, 0.3) is 0 Å². The Morgan fingerprint density at radius 3 is 2.58 bits per heavy atom. The largest absolute Gasteiger partial charge is 0.376 e. The second kappa shape index (κ2) is 15.1. The van der Waals surface area contributed by atoms with Crippen LogP contribution in [0.1, 0.15) is 25.0 Å². The zero-order valence-electron chi connectivity index (χ0n) is 20.2. The number of nitrogens with one attached hydrogen (secondary N) is 2. The van der Waals surface area contributed by atoms with Crippen molar-refractivity contribution < 1.29 is 4.74 Å². The molecule has 1 aliphatic heterocycles. The maximum absolute atomic E-state index is 5.88. The molecule has 0 saturated carbocycles. The van der Waals surface area contributed by atoms with Crippen LogP contribution in [-0.4, -0.2) is 68.8 Å². The van der Waals surface area contributed by atoms with Gasteiger partial charge in [-0.15, -0.1) is 24.0 Å². The van der Waals surface area contributed by atoms with Crippen LogP contribution in [0.5, 0.6) is 0 Å². The van der Waals surface area contributed by atoms with Crippen molar-refractivity contribution in [2.75, 3.05) is 57.8 Å². The molecule has 0 bridgehead atoms. The summed E-state index contributed by atoms with van der Waals surface area (Å²) in [6.45, 7) is 12.0. The van der Waals surface area contributed by atoms with E-state index in [0.29, 0.717) is 25.7 Å². The van der Waals surface area contributed by atoms with Crippen molar-refractivity contribution in [1.82, 2.24) is 20.5 Å². The number of hydrogen-bond acceptors (Lipinski definition) is 5. The van der Waals surface area contributed by atoms with Crippen LogP contribution in [0.15, 0.2) is 53.7 Å². The minimum Gasteiger partial charge on any atom is -0.376 e. The fourth-order valence-electron chi connectivity index (χ4n) is 3.64. The van der Waals surface area contributed by atoms with E-state index in [1.54, 1.807) is 0 Å². The standard InChI is InChI=1S/C25H38N6O.HI/c1-4-26-25(28-17-21(2)19-32-20-22-9-6-5-7-10-22)29-18-23-11-8-12-27-24(23)31-15-13-30(3)14-16-31;/h5-12,21H,4,13-20H2,1-3H3,(H2,26,28,29);1H. The van der Waals surface area contributed by atoms with Crippen molar-refractivity contribution in [3.63, 3.8) is 0 Å². The highest BCUT2D eigenvalue weighted by molar-refractivity contribution is 14.0. The first kappa shape index (κ1) is 27.3. The number of guanidine groups is 1. The topological polar surface area (TPSA) is 65.0 Å². The number of anilines is 1. The molecule has 1 saturated heterocycles. The number of piperazine rings is 1. The Morgan fingerprint density at radius 1 is 1.09 bits per heavy atom. The number of rotatable bonds is 10. The number of nitrogens with zero attached hydrogens (tertiary/aromatic N) is 4. The molecule has 33 heavy (non-hydrogen) atoms. The minimum absolute atomic E-state index is 0. The number of benzene rings is 1. The lowest BCUT2D eigenvalue weighted by Gasteiger charge is -2.34. The molecule has 3 rings (SSSR count). The SMILES string of the molecule is CCNC(=NCc1cccnc1N1CCN(C)CC1)NCC(C)COCc1ccccc1.I. The lowest BCUT2D eigenvalue weighted by molar-refractivity contribution is 0.0931. The van der Waals surface area contributed by atoms with Gasteiger partial charge in [0.05, 0.1) is 19.8 Å². The molecule has 1 aliphatic rings. The third-order valence-corrected chi connectivity index (χ3v) is 5.55. The van der Waals surface area contributed by atoms with Gasteiger partial charge in [-0.2, -0.15) is 0 Å². The highest BCUT2D eigenvalue weighted by atomic mass is 127. The van der Waals surface area contributed by atoms with Crippen molar-refractivity contribution in [2.24, 2.45) is 10.9 Å². The molecule has 0 radical (unpaired) electrons. The second-order valence-electron chi connectivity index (χ2n) is 8.46. The van der Waals surface area contributed by atoms with E-state index in [2.05, 4.69) is 64.5 Å². The highest BCUT2D eigenvalue weighted by Crippen LogP contribution is 2.19. The van der Waals surface area contributed by atoms with Gasteiger partial charge in [0.2, 0.25) is 0 Å². The molecule has 1 unspecified atom stereocenters. The predicted molar refractivity (Wildman–Crippen MR) is 147 cm³/mol. The van der Waals surface area contributed by atoms with Gasteiger partial charge in [-0.05, 0) is 31.5 Å².